The Hall–Kier alpha value is -0.780. The molecule has 2 amide bonds. The van der Waals surface area contributed by atoms with Crippen molar-refractivity contribution in [2.24, 2.45) is 17.8 Å². The topological polar surface area (TPSA) is 66.5 Å². The third kappa shape index (κ3) is 4.61. The minimum atomic E-state index is -3.04. The van der Waals surface area contributed by atoms with E-state index in [4.69, 9.17) is 0 Å². The molecule has 1 N–H and O–H groups in total. The first kappa shape index (κ1) is 17.6. The van der Waals surface area contributed by atoms with Gasteiger partial charge in [-0.15, -0.1) is 0 Å². The van der Waals surface area contributed by atoms with Crippen LogP contribution in [0, 0.1) is 17.8 Å². The molecule has 1 aliphatic carbocycles. The lowest BCUT2D eigenvalue weighted by Gasteiger charge is -2.31. The zero-order chi connectivity index (χ0) is 16.3. The fraction of sp³-hybridized carbons (Fsp3) is 0.938. The molecule has 0 radical (unpaired) electrons. The van der Waals surface area contributed by atoms with Crippen LogP contribution in [0.25, 0.3) is 0 Å². The largest absolute Gasteiger partial charge is 0.338 e. The number of sulfone groups is 1. The summed E-state index contributed by atoms with van der Waals surface area (Å²) in [4.78, 5) is 13.8. The molecule has 1 aliphatic heterocycles. The molecule has 2 rings (SSSR count). The molecule has 22 heavy (non-hydrogen) atoms. The van der Waals surface area contributed by atoms with Crippen molar-refractivity contribution in [1.82, 2.24) is 10.2 Å². The molecule has 1 heterocycles. The zero-order valence-electron chi connectivity index (χ0n) is 14.0. The molecular formula is C16H30N2O3S. The Kier molecular flexibility index (Phi) is 5.75. The van der Waals surface area contributed by atoms with Gasteiger partial charge in [0.1, 0.15) is 0 Å². The van der Waals surface area contributed by atoms with Crippen molar-refractivity contribution in [3.63, 3.8) is 0 Å². The van der Waals surface area contributed by atoms with Gasteiger partial charge in [0.05, 0.1) is 5.25 Å². The number of nitrogens with zero attached hydrogens (tertiary/aromatic N) is 1. The van der Waals surface area contributed by atoms with Gasteiger partial charge in [-0.25, -0.2) is 13.2 Å². The van der Waals surface area contributed by atoms with Crippen molar-refractivity contribution in [3.05, 3.63) is 0 Å². The van der Waals surface area contributed by atoms with Gasteiger partial charge in [0.25, 0.3) is 0 Å². The predicted molar refractivity (Wildman–Crippen MR) is 88.5 cm³/mol. The van der Waals surface area contributed by atoms with E-state index in [9.17, 15) is 13.2 Å². The van der Waals surface area contributed by atoms with Crippen molar-refractivity contribution >= 4 is 15.9 Å². The van der Waals surface area contributed by atoms with E-state index in [1.54, 1.807) is 4.90 Å². The zero-order valence-corrected chi connectivity index (χ0v) is 14.9. The van der Waals surface area contributed by atoms with Crippen LogP contribution in [0.15, 0.2) is 0 Å². The first-order valence-corrected chi connectivity index (χ1v) is 10.4. The van der Waals surface area contributed by atoms with E-state index >= 15 is 0 Å². The summed E-state index contributed by atoms with van der Waals surface area (Å²) in [6.07, 6.45) is 6.72. The van der Waals surface area contributed by atoms with Gasteiger partial charge in [0, 0.05) is 25.9 Å². The van der Waals surface area contributed by atoms with Gasteiger partial charge < -0.3 is 10.2 Å². The van der Waals surface area contributed by atoms with E-state index < -0.39 is 9.84 Å². The van der Waals surface area contributed by atoms with E-state index in [0.29, 0.717) is 25.4 Å². The number of carbonyl (C=O) groups excluding carboxylic acids is 1. The number of carbonyl (C=O) groups is 1. The summed E-state index contributed by atoms with van der Waals surface area (Å²) in [5, 5.41) is 2.61. The molecule has 0 spiro atoms. The maximum atomic E-state index is 12.2. The Bertz CT molecular complexity index is 482. The number of nitrogens with one attached hydrogen (secondary N) is 1. The number of hydrogen-bond donors (Lipinski definition) is 1. The summed E-state index contributed by atoms with van der Waals surface area (Å²) in [6.45, 7) is 6.19. The van der Waals surface area contributed by atoms with Crippen LogP contribution in [-0.2, 0) is 9.84 Å². The molecule has 2 aliphatic rings. The minimum absolute atomic E-state index is 0.0999. The summed E-state index contributed by atoms with van der Waals surface area (Å²) in [7, 11) is -3.04. The van der Waals surface area contributed by atoms with Crippen molar-refractivity contribution in [2.75, 3.05) is 25.9 Å². The SMILES string of the molecule is CC(C)C1CCC(CNC(=O)N2CC[C@H](S(C)(=O)=O)C2)CC1. The van der Waals surface area contributed by atoms with Crippen LogP contribution in [0.5, 0.6) is 0 Å². The number of likely N-dealkylation sites (tertiary alicyclic amines) is 1. The second-order valence-electron chi connectivity index (χ2n) is 7.40. The van der Waals surface area contributed by atoms with E-state index in [1.807, 2.05) is 0 Å². The highest BCUT2D eigenvalue weighted by Crippen LogP contribution is 2.32. The van der Waals surface area contributed by atoms with Crippen molar-refractivity contribution in [2.45, 2.75) is 51.2 Å². The van der Waals surface area contributed by atoms with Gasteiger partial charge in [-0.2, -0.15) is 0 Å². The van der Waals surface area contributed by atoms with Crippen molar-refractivity contribution in [1.29, 1.82) is 0 Å². The molecule has 2 fully saturated rings. The monoisotopic (exact) mass is 330 g/mol. The first-order valence-electron chi connectivity index (χ1n) is 8.49. The average molecular weight is 330 g/mol. The third-order valence-corrected chi connectivity index (χ3v) is 7.01. The van der Waals surface area contributed by atoms with Crippen LogP contribution < -0.4 is 5.32 Å². The highest BCUT2D eigenvalue weighted by atomic mass is 32.2. The molecule has 0 aromatic heterocycles. The molecule has 128 valence electrons. The normalized spacial score (nSPS) is 29.8. The van der Waals surface area contributed by atoms with Crippen LogP contribution in [0.3, 0.4) is 0 Å². The van der Waals surface area contributed by atoms with Crippen LogP contribution in [0.4, 0.5) is 4.79 Å². The van der Waals surface area contributed by atoms with Gasteiger partial charge in [0.2, 0.25) is 0 Å². The summed E-state index contributed by atoms with van der Waals surface area (Å²) in [5.41, 5.74) is 0. The number of hydrogen-bond acceptors (Lipinski definition) is 3. The van der Waals surface area contributed by atoms with E-state index in [-0.39, 0.29) is 11.3 Å². The Morgan fingerprint density at radius 2 is 1.82 bits per heavy atom. The van der Waals surface area contributed by atoms with Crippen LogP contribution >= 0.6 is 0 Å². The Morgan fingerprint density at radius 1 is 1.18 bits per heavy atom. The molecule has 0 aromatic carbocycles. The maximum Gasteiger partial charge on any atom is 0.317 e. The number of amides is 2. The fourth-order valence-corrected chi connectivity index (χ4v) is 4.65. The Labute approximate surface area is 134 Å². The summed E-state index contributed by atoms with van der Waals surface area (Å²) in [5.74, 6) is 2.17. The molecule has 5 nitrogen and oxygen atoms in total. The lowest BCUT2D eigenvalue weighted by atomic mass is 9.77. The van der Waals surface area contributed by atoms with Crippen LogP contribution in [0.1, 0.15) is 46.0 Å². The van der Waals surface area contributed by atoms with Gasteiger partial charge in [-0.1, -0.05) is 13.8 Å². The van der Waals surface area contributed by atoms with Crippen molar-refractivity contribution < 1.29 is 13.2 Å². The smallest absolute Gasteiger partial charge is 0.317 e. The highest BCUT2D eigenvalue weighted by Gasteiger charge is 2.32. The fourth-order valence-electron chi connectivity index (χ4n) is 3.66. The van der Waals surface area contributed by atoms with Crippen LogP contribution in [0.2, 0.25) is 0 Å². The number of rotatable bonds is 4. The van der Waals surface area contributed by atoms with Gasteiger partial charge >= 0.3 is 6.03 Å². The van der Waals surface area contributed by atoms with Crippen molar-refractivity contribution in [3.8, 4) is 0 Å². The lowest BCUT2D eigenvalue weighted by molar-refractivity contribution is 0.195. The van der Waals surface area contributed by atoms with E-state index in [0.717, 1.165) is 18.4 Å². The molecule has 6 heteroatoms. The minimum Gasteiger partial charge on any atom is -0.338 e. The summed E-state index contributed by atoms with van der Waals surface area (Å²) in [6, 6.07) is -0.0999. The third-order valence-electron chi connectivity index (χ3n) is 5.41. The highest BCUT2D eigenvalue weighted by molar-refractivity contribution is 7.91. The molecular weight excluding hydrogens is 300 g/mol. The molecule has 1 saturated carbocycles. The van der Waals surface area contributed by atoms with E-state index in [1.165, 1.54) is 31.9 Å². The molecule has 0 aromatic rings. The van der Waals surface area contributed by atoms with Crippen LogP contribution in [-0.4, -0.2) is 50.5 Å². The Morgan fingerprint density at radius 3 is 2.32 bits per heavy atom. The number of urea groups is 1. The van der Waals surface area contributed by atoms with Gasteiger partial charge in [0.15, 0.2) is 9.84 Å². The Balaban J connectivity index is 1.71. The lowest BCUT2D eigenvalue weighted by Crippen LogP contribution is -2.42. The first-order chi connectivity index (χ1) is 10.3. The second-order valence-corrected chi connectivity index (χ2v) is 9.72. The second kappa shape index (κ2) is 7.20. The van der Waals surface area contributed by atoms with Gasteiger partial charge in [-0.3, -0.25) is 0 Å². The predicted octanol–water partition coefficient (Wildman–Crippen LogP) is 2.28. The molecule has 0 unspecified atom stereocenters. The molecule has 1 saturated heterocycles. The van der Waals surface area contributed by atoms with E-state index in [2.05, 4.69) is 19.2 Å². The average Bonchev–Trinajstić information content (AvgIpc) is 2.95. The standard InChI is InChI=1S/C16H30N2O3S/c1-12(2)14-6-4-13(5-7-14)10-17-16(19)18-9-8-15(11-18)22(3,20)21/h12-15H,4-11H2,1-3H3,(H,17,19)/t13?,14?,15-/m0/s1. The maximum absolute atomic E-state index is 12.2. The summed E-state index contributed by atoms with van der Waals surface area (Å²) < 4.78 is 23.1. The summed E-state index contributed by atoms with van der Waals surface area (Å²) >= 11 is 0. The molecule has 0 bridgehead atoms. The molecule has 1 atom stereocenters. The van der Waals surface area contributed by atoms with Gasteiger partial charge in [-0.05, 0) is 49.9 Å². The quantitative estimate of drug-likeness (QED) is 0.860.